The van der Waals surface area contributed by atoms with E-state index >= 15 is 0 Å². The lowest BCUT2D eigenvalue weighted by Gasteiger charge is -2.25. The second kappa shape index (κ2) is 9.13. The number of rotatable bonds is 6. The lowest BCUT2D eigenvalue weighted by molar-refractivity contribution is 0.217. The molecule has 0 aliphatic carbocycles. The first-order chi connectivity index (χ1) is 10.1. The summed E-state index contributed by atoms with van der Waals surface area (Å²) in [4.78, 5) is 2.13. The molecule has 1 aromatic rings. The Balaban J connectivity index is 2.87. The van der Waals surface area contributed by atoms with Crippen molar-refractivity contribution in [1.29, 1.82) is 5.26 Å². The summed E-state index contributed by atoms with van der Waals surface area (Å²) < 4.78 is 13.7. The SMILES string of the molecule is CC(C)N(CCC#N)Cc1cc(F)cc(C#CCCO)c1. The molecule has 1 N–H and O–H groups in total. The molecule has 21 heavy (non-hydrogen) atoms. The summed E-state index contributed by atoms with van der Waals surface area (Å²) in [5.74, 6) is 5.33. The Kier molecular flexibility index (Phi) is 7.46. The van der Waals surface area contributed by atoms with Crippen LogP contribution in [0.1, 0.15) is 37.8 Å². The lowest BCUT2D eigenvalue weighted by atomic mass is 10.1. The standard InChI is InChI=1S/C17H21FN2O/c1-14(2)20(8-5-7-19)13-16-10-15(6-3-4-9-21)11-17(18)12-16/h10-12,14,21H,4-5,8-9,13H2,1-2H3. The zero-order valence-electron chi connectivity index (χ0n) is 12.6. The molecule has 0 fully saturated rings. The van der Waals surface area contributed by atoms with Gasteiger partial charge in [0.2, 0.25) is 0 Å². The van der Waals surface area contributed by atoms with E-state index < -0.39 is 0 Å². The van der Waals surface area contributed by atoms with Gasteiger partial charge >= 0.3 is 0 Å². The van der Waals surface area contributed by atoms with Crippen molar-refractivity contribution in [3.8, 4) is 17.9 Å². The molecule has 4 heteroatoms. The minimum absolute atomic E-state index is 0.00442. The highest BCUT2D eigenvalue weighted by Crippen LogP contribution is 2.13. The summed E-state index contributed by atoms with van der Waals surface area (Å²) in [6, 6.07) is 7.16. The van der Waals surface area contributed by atoms with Crippen LogP contribution in [0.2, 0.25) is 0 Å². The molecule has 0 bridgehead atoms. The van der Waals surface area contributed by atoms with Crippen molar-refractivity contribution in [2.45, 2.75) is 39.3 Å². The fraction of sp³-hybridized carbons (Fsp3) is 0.471. The fourth-order valence-corrected chi connectivity index (χ4v) is 1.98. The quantitative estimate of drug-likeness (QED) is 0.819. The molecular weight excluding hydrogens is 267 g/mol. The van der Waals surface area contributed by atoms with E-state index in [4.69, 9.17) is 10.4 Å². The summed E-state index contributed by atoms with van der Waals surface area (Å²) in [6.45, 7) is 5.36. The number of benzene rings is 1. The van der Waals surface area contributed by atoms with E-state index in [9.17, 15) is 4.39 Å². The molecule has 0 aliphatic heterocycles. The molecule has 0 radical (unpaired) electrons. The predicted octanol–water partition coefficient (Wildman–Crippen LogP) is 2.68. The van der Waals surface area contributed by atoms with Gasteiger partial charge in [-0.05, 0) is 37.6 Å². The van der Waals surface area contributed by atoms with Crippen LogP contribution in [0, 0.1) is 29.0 Å². The van der Waals surface area contributed by atoms with Gasteiger partial charge in [0.1, 0.15) is 5.82 Å². The molecule has 0 spiro atoms. The highest BCUT2D eigenvalue weighted by atomic mass is 19.1. The first-order valence-electron chi connectivity index (χ1n) is 7.07. The Bertz CT molecular complexity index is 552. The number of aliphatic hydroxyl groups is 1. The van der Waals surface area contributed by atoms with Crippen molar-refractivity contribution >= 4 is 0 Å². The van der Waals surface area contributed by atoms with Crippen LogP contribution in [-0.2, 0) is 6.54 Å². The van der Waals surface area contributed by atoms with Gasteiger partial charge < -0.3 is 5.11 Å². The second-order valence-electron chi connectivity index (χ2n) is 5.10. The maximum atomic E-state index is 13.7. The van der Waals surface area contributed by atoms with Gasteiger partial charge in [0.05, 0.1) is 12.7 Å². The Morgan fingerprint density at radius 1 is 1.29 bits per heavy atom. The minimum Gasteiger partial charge on any atom is -0.395 e. The van der Waals surface area contributed by atoms with Gasteiger partial charge in [0, 0.05) is 37.5 Å². The highest BCUT2D eigenvalue weighted by molar-refractivity contribution is 5.37. The third-order valence-corrected chi connectivity index (χ3v) is 3.05. The molecule has 112 valence electrons. The van der Waals surface area contributed by atoms with E-state index in [0.29, 0.717) is 31.5 Å². The summed E-state index contributed by atoms with van der Waals surface area (Å²) in [7, 11) is 0. The average Bonchev–Trinajstić information content (AvgIpc) is 2.43. The van der Waals surface area contributed by atoms with Gasteiger partial charge in [-0.15, -0.1) is 0 Å². The van der Waals surface area contributed by atoms with E-state index in [-0.39, 0.29) is 18.5 Å². The van der Waals surface area contributed by atoms with E-state index in [0.717, 1.165) is 5.56 Å². The largest absolute Gasteiger partial charge is 0.395 e. The van der Waals surface area contributed by atoms with E-state index in [1.165, 1.54) is 12.1 Å². The monoisotopic (exact) mass is 288 g/mol. The zero-order chi connectivity index (χ0) is 15.7. The van der Waals surface area contributed by atoms with Crippen LogP contribution >= 0.6 is 0 Å². The summed E-state index contributed by atoms with van der Waals surface area (Å²) in [5, 5.41) is 17.4. The highest BCUT2D eigenvalue weighted by Gasteiger charge is 2.10. The van der Waals surface area contributed by atoms with E-state index in [1.54, 1.807) is 0 Å². The topological polar surface area (TPSA) is 47.3 Å². The first-order valence-corrected chi connectivity index (χ1v) is 7.07. The van der Waals surface area contributed by atoms with Gasteiger partial charge in [0.25, 0.3) is 0 Å². The van der Waals surface area contributed by atoms with Gasteiger partial charge in [-0.2, -0.15) is 5.26 Å². The molecule has 0 saturated carbocycles. The van der Waals surface area contributed by atoms with Crippen LogP contribution in [0.15, 0.2) is 18.2 Å². The molecular formula is C17H21FN2O. The Morgan fingerprint density at radius 2 is 2.05 bits per heavy atom. The molecule has 0 aliphatic rings. The first kappa shape index (κ1) is 17.2. The van der Waals surface area contributed by atoms with Crippen molar-refractivity contribution in [3.05, 3.63) is 35.1 Å². The van der Waals surface area contributed by atoms with Crippen LogP contribution in [0.3, 0.4) is 0 Å². The number of hydrogen-bond donors (Lipinski definition) is 1. The van der Waals surface area contributed by atoms with Gasteiger partial charge in [-0.25, -0.2) is 4.39 Å². The van der Waals surface area contributed by atoms with Crippen molar-refractivity contribution in [1.82, 2.24) is 4.90 Å². The maximum absolute atomic E-state index is 13.7. The van der Waals surface area contributed by atoms with E-state index in [1.807, 2.05) is 6.07 Å². The number of aliphatic hydroxyl groups excluding tert-OH is 1. The number of halogens is 1. The van der Waals surface area contributed by atoms with Crippen LogP contribution < -0.4 is 0 Å². The predicted molar refractivity (Wildman–Crippen MR) is 80.8 cm³/mol. The Morgan fingerprint density at radius 3 is 2.67 bits per heavy atom. The minimum atomic E-state index is -0.315. The summed E-state index contributed by atoms with van der Waals surface area (Å²) in [5.41, 5.74) is 1.46. The third-order valence-electron chi connectivity index (χ3n) is 3.05. The van der Waals surface area contributed by atoms with Crippen LogP contribution in [0.4, 0.5) is 4.39 Å². The van der Waals surface area contributed by atoms with Gasteiger partial charge in [0.15, 0.2) is 0 Å². The molecule has 0 heterocycles. The molecule has 1 rings (SSSR count). The van der Waals surface area contributed by atoms with Gasteiger partial charge in [-0.3, -0.25) is 4.90 Å². The Hall–Kier alpha value is -1.88. The molecule has 3 nitrogen and oxygen atoms in total. The van der Waals surface area contributed by atoms with Crippen LogP contribution in [0.5, 0.6) is 0 Å². The number of nitrogens with zero attached hydrogens (tertiary/aromatic N) is 2. The molecule has 1 aromatic carbocycles. The number of hydrogen-bond acceptors (Lipinski definition) is 3. The van der Waals surface area contributed by atoms with Crippen molar-refractivity contribution in [3.63, 3.8) is 0 Å². The molecule has 0 amide bonds. The Labute approximate surface area is 126 Å². The van der Waals surface area contributed by atoms with Crippen LogP contribution in [-0.4, -0.2) is 29.2 Å². The van der Waals surface area contributed by atoms with Gasteiger partial charge in [-0.1, -0.05) is 11.8 Å². The normalized spacial score (nSPS) is 10.3. The zero-order valence-corrected chi connectivity index (χ0v) is 12.6. The van der Waals surface area contributed by atoms with Crippen LogP contribution in [0.25, 0.3) is 0 Å². The smallest absolute Gasteiger partial charge is 0.124 e. The average molecular weight is 288 g/mol. The number of nitriles is 1. The van der Waals surface area contributed by atoms with Crippen molar-refractivity contribution in [2.24, 2.45) is 0 Å². The molecule has 0 atom stereocenters. The second-order valence-corrected chi connectivity index (χ2v) is 5.10. The van der Waals surface area contributed by atoms with E-state index in [2.05, 4.69) is 36.7 Å². The molecule has 0 saturated heterocycles. The maximum Gasteiger partial charge on any atom is 0.124 e. The lowest BCUT2D eigenvalue weighted by Crippen LogP contribution is -2.31. The summed E-state index contributed by atoms with van der Waals surface area (Å²) in [6.07, 6.45) is 0.836. The third kappa shape index (κ3) is 6.40. The molecule has 0 aromatic heterocycles. The fourth-order valence-electron chi connectivity index (χ4n) is 1.98. The summed E-state index contributed by atoms with van der Waals surface area (Å²) >= 11 is 0. The molecule has 0 unspecified atom stereocenters. The van der Waals surface area contributed by atoms with Crippen molar-refractivity contribution in [2.75, 3.05) is 13.2 Å². The van der Waals surface area contributed by atoms with Crippen molar-refractivity contribution < 1.29 is 9.50 Å².